The van der Waals surface area contributed by atoms with Crippen LogP contribution in [0.15, 0.2) is 60.7 Å². The summed E-state index contributed by atoms with van der Waals surface area (Å²) in [5.41, 5.74) is 1.71. The molecule has 3 atom stereocenters. The van der Waals surface area contributed by atoms with Crippen LogP contribution in [0.5, 0.6) is 0 Å². The van der Waals surface area contributed by atoms with Gasteiger partial charge in [-0.25, -0.2) is 0 Å². The van der Waals surface area contributed by atoms with E-state index in [0.29, 0.717) is 6.42 Å². The molecule has 132 valence electrons. The number of hydrogen-bond donors (Lipinski definition) is 0. The lowest BCUT2D eigenvalue weighted by molar-refractivity contribution is -0.142. The quantitative estimate of drug-likeness (QED) is 0.798. The van der Waals surface area contributed by atoms with Gasteiger partial charge < -0.3 is 4.90 Å². The van der Waals surface area contributed by atoms with Crippen molar-refractivity contribution in [3.63, 3.8) is 0 Å². The number of rotatable bonds is 4. The van der Waals surface area contributed by atoms with Crippen LogP contribution in [0.4, 0.5) is 5.69 Å². The molecule has 1 saturated carbocycles. The molecule has 0 unspecified atom stereocenters. The molecule has 5 heteroatoms. The Bertz CT molecular complexity index is 850. The Labute approximate surface area is 152 Å². The molecule has 2 fully saturated rings. The Kier molecular flexibility index (Phi) is 4.07. The Hall–Kier alpha value is -2.95. The highest BCUT2D eigenvalue weighted by molar-refractivity contribution is 6.10. The minimum atomic E-state index is -0.509. The first-order valence-electron chi connectivity index (χ1n) is 8.79. The van der Waals surface area contributed by atoms with Crippen LogP contribution in [0.1, 0.15) is 12.0 Å². The zero-order chi connectivity index (χ0) is 18.3. The third-order valence-corrected chi connectivity index (χ3v) is 5.48. The molecule has 1 aliphatic heterocycles. The predicted molar refractivity (Wildman–Crippen MR) is 96.9 cm³/mol. The second-order valence-corrected chi connectivity index (χ2v) is 6.96. The molecule has 3 amide bonds. The Balaban J connectivity index is 1.49. The second-order valence-electron chi connectivity index (χ2n) is 6.96. The van der Waals surface area contributed by atoms with Crippen LogP contribution >= 0.6 is 0 Å². The normalized spacial score (nSPS) is 24.2. The van der Waals surface area contributed by atoms with E-state index < -0.39 is 11.8 Å². The van der Waals surface area contributed by atoms with Crippen molar-refractivity contribution < 1.29 is 14.4 Å². The van der Waals surface area contributed by atoms with Gasteiger partial charge in [-0.05, 0) is 24.1 Å². The first-order chi connectivity index (χ1) is 12.6. The summed E-state index contributed by atoms with van der Waals surface area (Å²) in [7, 11) is 1.72. The molecule has 26 heavy (non-hydrogen) atoms. The highest BCUT2D eigenvalue weighted by Crippen LogP contribution is 2.48. The number of carbonyl (C=O) groups is 3. The minimum Gasteiger partial charge on any atom is -0.315 e. The van der Waals surface area contributed by atoms with Crippen molar-refractivity contribution in [2.75, 3.05) is 11.9 Å². The number of likely N-dealkylation sites (tertiary alicyclic amines) is 1. The number of hydrogen-bond acceptors (Lipinski definition) is 3. The smallest absolute Gasteiger partial charge is 0.234 e. The van der Waals surface area contributed by atoms with Crippen LogP contribution < -0.4 is 4.90 Å². The van der Waals surface area contributed by atoms with E-state index in [1.54, 1.807) is 11.9 Å². The Morgan fingerprint density at radius 1 is 1.00 bits per heavy atom. The van der Waals surface area contributed by atoms with E-state index in [4.69, 9.17) is 0 Å². The van der Waals surface area contributed by atoms with Crippen molar-refractivity contribution >= 4 is 23.4 Å². The Morgan fingerprint density at radius 2 is 1.62 bits per heavy atom. The molecule has 4 rings (SSSR count). The third kappa shape index (κ3) is 2.60. The monoisotopic (exact) mass is 348 g/mol. The summed E-state index contributed by atoms with van der Waals surface area (Å²) in [4.78, 5) is 41.1. The number of para-hydroxylation sites is 1. The van der Waals surface area contributed by atoms with Crippen molar-refractivity contribution in [1.82, 2.24) is 4.90 Å². The summed E-state index contributed by atoms with van der Waals surface area (Å²) in [6.07, 6.45) is 0.455. The average Bonchev–Trinajstić information content (AvgIpc) is 2.82. The largest absolute Gasteiger partial charge is 0.315 e. The maximum atomic E-state index is 12.8. The second kappa shape index (κ2) is 6.41. The van der Waals surface area contributed by atoms with Gasteiger partial charge in [0.15, 0.2) is 0 Å². The van der Waals surface area contributed by atoms with E-state index in [1.807, 2.05) is 60.7 Å². The van der Waals surface area contributed by atoms with Crippen molar-refractivity contribution in [2.45, 2.75) is 13.0 Å². The number of carbonyl (C=O) groups excluding carboxylic acids is 3. The van der Waals surface area contributed by atoms with E-state index in [0.717, 1.165) is 11.3 Å². The molecule has 2 aliphatic rings. The molecule has 1 aliphatic carbocycles. The first kappa shape index (κ1) is 16.5. The van der Waals surface area contributed by atoms with Crippen molar-refractivity contribution in [3.8, 4) is 0 Å². The van der Waals surface area contributed by atoms with Gasteiger partial charge in [0.05, 0.1) is 24.3 Å². The number of amides is 3. The summed E-state index contributed by atoms with van der Waals surface area (Å²) in [5, 5.41) is 0. The summed E-state index contributed by atoms with van der Waals surface area (Å²) in [6, 6.07) is 18.8. The van der Waals surface area contributed by atoms with Gasteiger partial charge in [-0.15, -0.1) is 0 Å². The lowest BCUT2D eigenvalue weighted by atomic mass is 9.65. The van der Waals surface area contributed by atoms with Crippen LogP contribution in [0.25, 0.3) is 0 Å². The van der Waals surface area contributed by atoms with Crippen molar-refractivity contribution in [2.24, 2.45) is 17.8 Å². The maximum absolute atomic E-state index is 12.8. The molecule has 0 radical (unpaired) electrons. The highest BCUT2D eigenvalue weighted by atomic mass is 16.2. The molecule has 1 saturated heterocycles. The van der Waals surface area contributed by atoms with Crippen LogP contribution in [0.3, 0.4) is 0 Å². The highest BCUT2D eigenvalue weighted by Gasteiger charge is 2.60. The number of anilines is 1. The van der Waals surface area contributed by atoms with Gasteiger partial charge in [-0.1, -0.05) is 48.5 Å². The van der Waals surface area contributed by atoms with Gasteiger partial charge >= 0.3 is 0 Å². The van der Waals surface area contributed by atoms with E-state index >= 15 is 0 Å². The third-order valence-electron chi connectivity index (χ3n) is 5.48. The summed E-state index contributed by atoms with van der Waals surface area (Å²) >= 11 is 0. The van der Waals surface area contributed by atoms with Gasteiger partial charge in [0.2, 0.25) is 17.7 Å². The topological polar surface area (TPSA) is 57.7 Å². The van der Waals surface area contributed by atoms with Gasteiger partial charge in [0, 0.05) is 12.7 Å². The Morgan fingerprint density at radius 3 is 2.27 bits per heavy atom. The summed E-state index contributed by atoms with van der Waals surface area (Å²) < 4.78 is 0. The number of imide groups is 1. The van der Waals surface area contributed by atoms with Gasteiger partial charge in [-0.3, -0.25) is 19.3 Å². The van der Waals surface area contributed by atoms with Gasteiger partial charge in [-0.2, -0.15) is 0 Å². The lowest BCUT2D eigenvalue weighted by Crippen LogP contribution is -2.48. The molecular weight excluding hydrogens is 328 g/mol. The number of fused-ring (bicyclic) bond motifs is 1. The molecule has 0 N–H and O–H groups in total. The van der Waals surface area contributed by atoms with E-state index in [9.17, 15) is 14.4 Å². The molecule has 0 bridgehead atoms. The number of benzene rings is 2. The zero-order valence-electron chi connectivity index (χ0n) is 14.5. The molecule has 0 spiro atoms. The van der Waals surface area contributed by atoms with Crippen LogP contribution in [0.2, 0.25) is 0 Å². The standard InChI is InChI=1S/C21H20N2O3/c1-22(15-10-6-3-7-11-15)19(24)16-12-17-18(16)21(26)23(20(17)25)13-14-8-4-2-5-9-14/h2-11,16-18H,12-13H2,1H3/t16-,17-,18+/m0/s1. The summed E-state index contributed by atoms with van der Waals surface area (Å²) in [6.45, 7) is 0.279. The van der Waals surface area contributed by atoms with Crippen molar-refractivity contribution in [1.29, 1.82) is 0 Å². The first-order valence-corrected chi connectivity index (χ1v) is 8.79. The molecule has 2 aromatic carbocycles. The van der Waals surface area contributed by atoms with E-state index in [2.05, 4.69) is 0 Å². The molecule has 5 nitrogen and oxygen atoms in total. The fourth-order valence-corrected chi connectivity index (χ4v) is 3.94. The lowest BCUT2D eigenvalue weighted by Gasteiger charge is -2.37. The molecule has 2 aromatic rings. The van der Waals surface area contributed by atoms with Crippen LogP contribution in [-0.2, 0) is 20.9 Å². The fourth-order valence-electron chi connectivity index (χ4n) is 3.94. The minimum absolute atomic E-state index is 0.0971. The predicted octanol–water partition coefficient (Wildman–Crippen LogP) is 2.47. The van der Waals surface area contributed by atoms with Crippen LogP contribution in [-0.4, -0.2) is 29.7 Å². The van der Waals surface area contributed by atoms with Crippen molar-refractivity contribution in [3.05, 3.63) is 66.2 Å². The maximum Gasteiger partial charge on any atom is 0.234 e. The molecule has 1 heterocycles. The average molecular weight is 348 g/mol. The fraction of sp³-hybridized carbons (Fsp3) is 0.286. The van der Waals surface area contributed by atoms with Gasteiger partial charge in [0.1, 0.15) is 0 Å². The summed E-state index contributed by atoms with van der Waals surface area (Å²) in [5.74, 6) is -1.72. The van der Waals surface area contributed by atoms with E-state index in [-0.39, 0.29) is 30.2 Å². The van der Waals surface area contributed by atoms with Crippen LogP contribution in [0, 0.1) is 17.8 Å². The van der Waals surface area contributed by atoms with Gasteiger partial charge in [0.25, 0.3) is 0 Å². The molecule has 0 aromatic heterocycles. The number of nitrogens with zero attached hydrogens (tertiary/aromatic N) is 2. The SMILES string of the molecule is CN(C(=O)[C@H]1C[C@@H]2C(=O)N(Cc3ccccc3)C(=O)[C@@H]21)c1ccccc1. The molecular formula is C21H20N2O3. The zero-order valence-corrected chi connectivity index (χ0v) is 14.5. The van der Waals surface area contributed by atoms with E-state index in [1.165, 1.54) is 4.90 Å².